The molecule has 8 heteroatoms. The number of carbonyl (C=O) groups excluding carboxylic acids is 1. The van der Waals surface area contributed by atoms with Crippen LogP contribution in [0.4, 0.5) is 13.2 Å². The lowest BCUT2D eigenvalue weighted by molar-refractivity contribution is -0.140. The summed E-state index contributed by atoms with van der Waals surface area (Å²) in [5.74, 6) is -0.132. The van der Waals surface area contributed by atoms with Gasteiger partial charge in [-0.05, 0) is 31.5 Å². The molecule has 1 aliphatic rings. The van der Waals surface area contributed by atoms with Crippen molar-refractivity contribution >= 4 is 27.5 Å². The summed E-state index contributed by atoms with van der Waals surface area (Å²) in [6.07, 6.45) is -4.48. The Kier molecular flexibility index (Phi) is 4.05. The summed E-state index contributed by atoms with van der Waals surface area (Å²) >= 11 is 1.03. The predicted octanol–water partition coefficient (Wildman–Crippen LogP) is 3.06. The minimum absolute atomic E-state index is 0.132. The molecule has 1 atom stereocenters. The Morgan fingerprint density at radius 1 is 1.43 bits per heavy atom. The number of pyridine rings is 1. The highest BCUT2D eigenvalue weighted by Crippen LogP contribution is 2.34. The number of rotatable bonds is 1. The van der Waals surface area contributed by atoms with Crippen molar-refractivity contribution in [1.29, 1.82) is 0 Å². The molecular weight excluding hydrogens is 327 g/mol. The third-order valence-electron chi connectivity index (χ3n) is 3.94. The van der Waals surface area contributed by atoms with E-state index in [0.717, 1.165) is 17.4 Å². The van der Waals surface area contributed by atoms with Crippen molar-refractivity contribution in [1.82, 2.24) is 15.2 Å². The van der Waals surface area contributed by atoms with Crippen LogP contribution in [0.3, 0.4) is 0 Å². The van der Waals surface area contributed by atoms with Gasteiger partial charge >= 0.3 is 6.18 Å². The van der Waals surface area contributed by atoms with Crippen molar-refractivity contribution in [2.24, 2.45) is 0 Å². The van der Waals surface area contributed by atoms with Crippen LogP contribution in [-0.2, 0) is 6.18 Å². The molecule has 1 N–H and O–H groups in total. The van der Waals surface area contributed by atoms with E-state index >= 15 is 0 Å². The molecule has 1 fully saturated rings. The lowest BCUT2D eigenvalue weighted by atomic mass is 10.1. The van der Waals surface area contributed by atoms with E-state index in [4.69, 9.17) is 0 Å². The van der Waals surface area contributed by atoms with Crippen LogP contribution in [0.2, 0.25) is 0 Å². The van der Waals surface area contributed by atoms with Crippen LogP contribution in [0.15, 0.2) is 12.1 Å². The summed E-state index contributed by atoms with van der Waals surface area (Å²) in [6, 6.07) is 2.56. The van der Waals surface area contributed by atoms with E-state index in [-0.39, 0.29) is 16.8 Å². The maximum absolute atomic E-state index is 12.8. The molecule has 3 heterocycles. The molecule has 0 aromatic carbocycles. The van der Waals surface area contributed by atoms with Crippen LogP contribution < -0.4 is 5.32 Å². The average molecular weight is 343 g/mol. The average Bonchev–Trinajstić information content (AvgIpc) is 2.82. The van der Waals surface area contributed by atoms with Crippen LogP contribution in [0, 0.1) is 6.92 Å². The van der Waals surface area contributed by atoms with Gasteiger partial charge in [0.25, 0.3) is 5.91 Å². The first kappa shape index (κ1) is 16.2. The summed E-state index contributed by atoms with van der Waals surface area (Å²) in [7, 11) is 0. The Labute approximate surface area is 135 Å². The number of amides is 1. The first-order chi connectivity index (χ1) is 10.8. The molecule has 0 bridgehead atoms. The van der Waals surface area contributed by atoms with Gasteiger partial charge in [-0.2, -0.15) is 13.2 Å². The highest BCUT2D eigenvalue weighted by molar-refractivity contribution is 7.20. The number of hydrogen-bond acceptors (Lipinski definition) is 4. The second-order valence-corrected chi connectivity index (χ2v) is 6.71. The van der Waals surface area contributed by atoms with Crippen LogP contribution in [0.1, 0.15) is 27.9 Å². The van der Waals surface area contributed by atoms with Gasteiger partial charge < -0.3 is 10.2 Å². The Morgan fingerprint density at radius 3 is 2.83 bits per heavy atom. The van der Waals surface area contributed by atoms with E-state index in [9.17, 15) is 18.0 Å². The third kappa shape index (κ3) is 3.05. The Bertz CT molecular complexity index is 756. The molecule has 0 saturated carbocycles. The Balaban J connectivity index is 1.98. The fourth-order valence-corrected chi connectivity index (χ4v) is 3.87. The number of piperazine rings is 1. The van der Waals surface area contributed by atoms with Crippen LogP contribution in [-0.4, -0.2) is 41.5 Å². The monoisotopic (exact) mass is 343 g/mol. The Hall–Kier alpha value is -1.67. The summed E-state index contributed by atoms with van der Waals surface area (Å²) in [5, 5.41) is 3.86. The van der Waals surface area contributed by atoms with Crippen molar-refractivity contribution in [3.05, 3.63) is 28.3 Å². The third-order valence-corrected chi connectivity index (χ3v) is 5.13. The maximum atomic E-state index is 12.8. The van der Waals surface area contributed by atoms with E-state index in [1.165, 1.54) is 6.07 Å². The number of nitrogens with zero attached hydrogens (tertiary/aromatic N) is 2. The zero-order valence-electron chi connectivity index (χ0n) is 12.7. The van der Waals surface area contributed by atoms with Crippen molar-refractivity contribution in [3.8, 4) is 0 Å². The van der Waals surface area contributed by atoms with Gasteiger partial charge in [0.1, 0.15) is 10.5 Å². The van der Waals surface area contributed by atoms with Crippen molar-refractivity contribution < 1.29 is 18.0 Å². The molecule has 0 aliphatic carbocycles. The molecule has 0 radical (unpaired) electrons. The lowest BCUT2D eigenvalue weighted by Crippen LogP contribution is -2.51. The van der Waals surface area contributed by atoms with E-state index in [1.54, 1.807) is 11.8 Å². The number of aryl methyl sites for hydroxylation is 1. The molecule has 0 spiro atoms. The van der Waals surface area contributed by atoms with Crippen LogP contribution in [0.5, 0.6) is 0 Å². The zero-order chi connectivity index (χ0) is 16.8. The van der Waals surface area contributed by atoms with Crippen molar-refractivity contribution in [2.45, 2.75) is 26.1 Å². The molecule has 1 saturated heterocycles. The van der Waals surface area contributed by atoms with Gasteiger partial charge in [0.05, 0.1) is 4.88 Å². The summed E-state index contributed by atoms with van der Waals surface area (Å²) in [6.45, 7) is 5.65. The largest absolute Gasteiger partial charge is 0.433 e. The maximum Gasteiger partial charge on any atom is 0.433 e. The normalized spacial score (nSPS) is 19.3. The lowest BCUT2D eigenvalue weighted by Gasteiger charge is -2.31. The summed E-state index contributed by atoms with van der Waals surface area (Å²) in [4.78, 5) is 18.8. The van der Waals surface area contributed by atoms with Crippen LogP contribution in [0.25, 0.3) is 10.2 Å². The molecule has 1 aliphatic heterocycles. The second kappa shape index (κ2) is 5.76. The number of aromatic nitrogens is 1. The first-order valence-electron chi connectivity index (χ1n) is 7.27. The highest BCUT2D eigenvalue weighted by atomic mass is 32.1. The number of thiophene rings is 1. The minimum atomic E-state index is -4.48. The molecule has 4 nitrogen and oxygen atoms in total. The van der Waals surface area contributed by atoms with Crippen molar-refractivity contribution in [3.63, 3.8) is 0 Å². The molecule has 3 rings (SSSR count). The van der Waals surface area contributed by atoms with Gasteiger partial charge in [-0.1, -0.05) is 0 Å². The highest BCUT2D eigenvalue weighted by Gasteiger charge is 2.33. The van der Waals surface area contributed by atoms with Gasteiger partial charge in [0.15, 0.2) is 0 Å². The van der Waals surface area contributed by atoms with E-state index in [0.29, 0.717) is 35.5 Å². The van der Waals surface area contributed by atoms with E-state index < -0.39 is 11.9 Å². The van der Waals surface area contributed by atoms with E-state index in [2.05, 4.69) is 10.3 Å². The van der Waals surface area contributed by atoms with Gasteiger partial charge in [-0.15, -0.1) is 11.3 Å². The molecule has 2 aromatic rings. The van der Waals surface area contributed by atoms with Crippen LogP contribution >= 0.6 is 11.3 Å². The predicted molar refractivity (Wildman–Crippen MR) is 82.7 cm³/mol. The molecule has 23 heavy (non-hydrogen) atoms. The smallest absolute Gasteiger partial charge is 0.335 e. The van der Waals surface area contributed by atoms with Gasteiger partial charge in [0.2, 0.25) is 0 Å². The standard InChI is InChI=1S/C15H16F3N3OS/c1-8-7-21(6-5-19-8)14(22)12-9(2)10-3-4-11(15(16,17)18)20-13(10)23-12/h3-4,8,19H,5-7H2,1-2H3. The first-order valence-corrected chi connectivity index (χ1v) is 8.09. The number of carbonyl (C=O) groups is 1. The Morgan fingerprint density at radius 2 is 2.17 bits per heavy atom. The SMILES string of the molecule is Cc1c(C(=O)N2CCNC(C)C2)sc2nc(C(F)(F)F)ccc12. The quantitative estimate of drug-likeness (QED) is 0.866. The summed E-state index contributed by atoms with van der Waals surface area (Å²) < 4.78 is 38.3. The number of fused-ring (bicyclic) bond motifs is 1. The number of hydrogen-bond donors (Lipinski definition) is 1. The van der Waals surface area contributed by atoms with Gasteiger partial charge in [-0.25, -0.2) is 4.98 Å². The molecule has 1 unspecified atom stereocenters. The molecule has 124 valence electrons. The van der Waals surface area contributed by atoms with Crippen molar-refractivity contribution in [2.75, 3.05) is 19.6 Å². The van der Waals surface area contributed by atoms with Gasteiger partial charge in [-0.3, -0.25) is 4.79 Å². The van der Waals surface area contributed by atoms with E-state index in [1.807, 2.05) is 6.92 Å². The molecule has 1 amide bonds. The zero-order valence-corrected chi connectivity index (χ0v) is 13.5. The minimum Gasteiger partial charge on any atom is -0.335 e. The second-order valence-electron chi connectivity index (χ2n) is 5.71. The number of nitrogens with one attached hydrogen (secondary N) is 1. The fourth-order valence-electron chi connectivity index (χ4n) is 2.72. The number of halogens is 3. The number of alkyl halides is 3. The fraction of sp³-hybridized carbons (Fsp3) is 0.467. The molecule has 2 aromatic heterocycles. The molecular formula is C15H16F3N3OS. The summed E-state index contributed by atoms with van der Waals surface area (Å²) in [5.41, 5.74) is -0.233. The topological polar surface area (TPSA) is 45.2 Å². The van der Waals surface area contributed by atoms with Gasteiger partial charge in [0, 0.05) is 31.1 Å².